The summed E-state index contributed by atoms with van der Waals surface area (Å²) >= 11 is 0. The molecule has 31 heavy (non-hydrogen) atoms. The molecular formula is C24H30N4O3. The van der Waals surface area contributed by atoms with E-state index in [2.05, 4.69) is 34.0 Å². The molecule has 164 valence electrons. The largest absolute Gasteiger partial charge is 0.489 e. The third-order valence-electron chi connectivity index (χ3n) is 5.49. The maximum atomic E-state index is 5.85. The zero-order chi connectivity index (χ0) is 21.8. The summed E-state index contributed by atoms with van der Waals surface area (Å²) in [6, 6.07) is 12.5. The van der Waals surface area contributed by atoms with Gasteiger partial charge in [0.05, 0.1) is 18.4 Å². The van der Waals surface area contributed by atoms with E-state index in [0.29, 0.717) is 24.4 Å². The molecule has 1 aliphatic rings. The van der Waals surface area contributed by atoms with Crippen molar-refractivity contribution in [1.82, 2.24) is 15.5 Å². The van der Waals surface area contributed by atoms with Crippen molar-refractivity contribution in [3.05, 3.63) is 47.5 Å². The van der Waals surface area contributed by atoms with E-state index in [4.69, 9.17) is 19.0 Å². The van der Waals surface area contributed by atoms with Gasteiger partial charge in [0.15, 0.2) is 0 Å². The normalized spacial score (nSPS) is 15.3. The van der Waals surface area contributed by atoms with Gasteiger partial charge in [0, 0.05) is 37.9 Å². The molecule has 1 aromatic heterocycles. The van der Waals surface area contributed by atoms with Gasteiger partial charge in [-0.25, -0.2) is 0 Å². The molecule has 0 saturated carbocycles. The minimum absolute atomic E-state index is 0.0981. The number of nitrogens with zero attached hydrogens (tertiary/aromatic N) is 2. The summed E-state index contributed by atoms with van der Waals surface area (Å²) in [5, 5.41) is 11.0. The average molecular weight is 423 g/mol. The predicted octanol–water partition coefficient (Wildman–Crippen LogP) is 4.46. The predicted molar refractivity (Wildman–Crippen MR) is 121 cm³/mol. The molecule has 3 aromatic rings. The van der Waals surface area contributed by atoms with Gasteiger partial charge in [-0.3, -0.25) is 0 Å². The number of aromatic nitrogens is 2. The molecule has 4 rings (SSSR count). The van der Waals surface area contributed by atoms with Crippen LogP contribution in [0.4, 0.5) is 5.69 Å². The number of anilines is 1. The molecule has 1 aliphatic carbocycles. The lowest BCUT2D eigenvalue weighted by Crippen LogP contribution is -2.23. The number of hydrogen-bond acceptors (Lipinski definition) is 7. The highest BCUT2D eigenvalue weighted by atomic mass is 16.5. The molecule has 0 spiro atoms. The topological polar surface area (TPSA) is 81.4 Å². The van der Waals surface area contributed by atoms with Crippen LogP contribution in [0.1, 0.15) is 37.4 Å². The van der Waals surface area contributed by atoms with Crippen LogP contribution in [0.3, 0.4) is 0 Å². The minimum atomic E-state index is 0.0981. The van der Waals surface area contributed by atoms with Gasteiger partial charge in [-0.05, 0) is 56.0 Å². The molecule has 1 heterocycles. The smallest absolute Gasteiger partial charge is 0.258 e. The molecule has 0 saturated heterocycles. The first-order valence-electron chi connectivity index (χ1n) is 10.8. The van der Waals surface area contributed by atoms with Gasteiger partial charge < -0.3 is 24.6 Å². The second kappa shape index (κ2) is 9.49. The van der Waals surface area contributed by atoms with E-state index < -0.39 is 0 Å². The third-order valence-corrected chi connectivity index (χ3v) is 5.49. The summed E-state index contributed by atoms with van der Waals surface area (Å²) in [5.74, 6) is 1.92. The highest BCUT2D eigenvalue weighted by Gasteiger charge is 2.26. The Bertz CT molecular complexity index is 1030. The molecular weight excluding hydrogens is 392 g/mol. The molecule has 7 heteroatoms. The maximum Gasteiger partial charge on any atom is 0.258 e. The van der Waals surface area contributed by atoms with Gasteiger partial charge >= 0.3 is 0 Å². The first kappa shape index (κ1) is 21.3. The molecule has 0 amide bonds. The number of nitrogens with one attached hydrogen (secondary N) is 2. The Kier molecular flexibility index (Phi) is 6.53. The molecule has 0 fully saturated rings. The van der Waals surface area contributed by atoms with E-state index >= 15 is 0 Å². The van der Waals surface area contributed by atoms with Gasteiger partial charge in [-0.2, -0.15) is 4.98 Å². The van der Waals surface area contributed by atoms with E-state index in [9.17, 15) is 0 Å². The van der Waals surface area contributed by atoms with E-state index in [1.807, 2.05) is 39.1 Å². The Balaban J connectivity index is 1.59. The fraction of sp³-hybridized carbons (Fsp3) is 0.417. The van der Waals surface area contributed by atoms with Gasteiger partial charge in [0.25, 0.3) is 5.89 Å². The van der Waals surface area contributed by atoms with Crippen LogP contribution in [0.5, 0.6) is 5.75 Å². The molecule has 2 N–H and O–H groups in total. The summed E-state index contributed by atoms with van der Waals surface area (Å²) in [5.41, 5.74) is 5.38. The molecule has 2 aromatic carbocycles. The number of hydrogen-bond donors (Lipinski definition) is 2. The Morgan fingerprint density at radius 2 is 2.10 bits per heavy atom. The van der Waals surface area contributed by atoms with Crippen molar-refractivity contribution in [2.24, 2.45) is 0 Å². The lowest BCUT2D eigenvalue weighted by atomic mass is 10.0. The second-order valence-corrected chi connectivity index (χ2v) is 7.96. The lowest BCUT2D eigenvalue weighted by molar-refractivity contribution is 0.195. The van der Waals surface area contributed by atoms with Crippen molar-refractivity contribution in [2.75, 3.05) is 32.6 Å². The van der Waals surface area contributed by atoms with E-state index in [1.54, 1.807) is 7.11 Å². The highest BCUT2D eigenvalue weighted by molar-refractivity contribution is 5.70. The standard InChI is InChI=1S/C24H30N4O3/c1-15(2)30-22-11-8-16(14-21(22)25-3)24-27-23(28-31-24)19-7-5-6-18-17(19)9-10-20(18)26-12-13-29-4/h5-8,11,14-15,20,25-26H,9-10,12-13H2,1-4H3/t20-/m0/s1. The Labute approximate surface area is 183 Å². The van der Waals surface area contributed by atoms with Crippen molar-refractivity contribution in [1.29, 1.82) is 0 Å². The molecule has 7 nitrogen and oxygen atoms in total. The molecule has 0 radical (unpaired) electrons. The SMILES string of the molecule is CNc1cc(-c2nc(-c3cccc4c3CC[C@@H]4NCCOC)no2)ccc1OC(C)C. The summed E-state index contributed by atoms with van der Waals surface area (Å²) in [6.07, 6.45) is 2.15. The highest BCUT2D eigenvalue weighted by Crippen LogP contribution is 2.38. The minimum Gasteiger partial charge on any atom is -0.489 e. The maximum absolute atomic E-state index is 5.85. The quantitative estimate of drug-likeness (QED) is 0.493. The Morgan fingerprint density at radius 1 is 1.23 bits per heavy atom. The Morgan fingerprint density at radius 3 is 2.87 bits per heavy atom. The fourth-order valence-electron chi connectivity index (χ4n) is 4.08. The lowest BCUT2D eigenvalue weighted by Gasteiger charge is -2.14. The van der Waals surface area contributed by atoms with Crippen LogP contribution in [0.25, 0.3) is 22.8 Å². The summed E-state index contributed by atoms with van der Waals surface area (Å²) in [6.45, 7) is 5.55. The molecule has 0 aliphatic heterocycles. The third kappa shape index (κ3) is 4.57. The van der Waals surface area contributed by atoms with Crippen molar-refractivity contribution < 1.29 is 14.0 Å². The van der Waals surface area contributed by atoms with E-state index in [1.165, 1.54) is 11.1 Å². The van der Waals surface area contributed by atoms with Gasteiger partial charge in [0.1, 0.15) is 5.75 Å². The zero-order valence-corrected chi connectivity index (χ0v) is 18.6. The first-order valence-corrected chi connectivity index (χ1v) is 10.8. The van der Waals surface area contributed by atoms with Crippen molar-refractivity contribution in [3.8, 4) is 28.6 Å². The number of ether oxygens (including phenoxy) is 2. The van der Waals surface area contributed by atoms with Gasteiger partial charge in [-0.1, -0.05) is 23.4 Å². The van der Waals surface area contributed by atoms with Crippen LogP contribution in [-0.4, -0.2) is 43.6 Å². The Hall–Kier alpha value is -2.90. The van der Waals surface area contributed by atoms with Crippen LogP contribution in [0, 0.1) is 0 Å². The average Bonchev–Trinajstić information content (AvgIpc) is 3.41. The van der Waals surface area contributed by atoms with Crippen molar-refractivity contribution >= 4 is 5.69 Å². The summed E-state index contributed by atoms with van der Waals surface area (Å²) in [4.78, 5) is 4.71. The monoisotopic (exact) mass is 422 g/mol. The summed E-state index contributed by atoms with van der Waals surface area (Å²) in [7, 11) is 3.59. The van der Waals surface area contributed by atoms with Crippen LogP contribution < -0.4 is 15.4 Å². The summed E-state index contributed by atoms with van der Waals surface area (Å²) < 4.78 is 16.6. The molecule has 1 atom stereocenters. The first-order chi connectivity index (χ1) is 15.1. The van der Waals surface area contributed by atoms with E-state index in [0.717, 1.165) is 42.0 Å². The van der Waals surface area contributed by atoms with Crippen molar-refractivity contribution in [3.63, 3.8) is 0 Å². The molecule has 0 unspecified atom stereocenters. The van der Waals surface area contributed by atoms with Crippen LogP contribution in [-0.2, 0) is 11.2 Å². The number of methoxy groups -OCH3 is 1. The fourth-order valence-corrected chi connectivity index (χ4v) is 4.08. The number of fused-ring (bicyclic) bond motifs is 1. The van der Waals surface area contributed by atoms with Crippen LogP contribution >= 0.6 is 0 Å². The van der Waals surface area contributed by atoms with Crippen molar-refractivity contribution in [2.45, 2.75) is 38.8 Å². The van der Waals surface area contributed by atoms with Gasteiger partial charge in [-0.15, -0.1) is 0 Å². The van der Waals surface area contributed by atoms with Gasteiger partial charge in [0.2, 0.25) is 5.82 Å². The zero-order valence-electron chi connectivity index (χ0n) is 18.6. The second-order valence-electron chi connectivity index (χ2n) is 7.96. The van der Waals surface area contributed by atoms with Crippen LogP contribution in [0.15, 0.2) is 40.9 Å². The number of benzene rings is 2. The molecule has 0 bridgehead atoms. The van der Waals surface area contributed by atoms with E-state index in [-0.39, 0.29) is 6.10 Å². The van der Waals surface area contributed by atoms with Crippen LogP contribution in [0.2, 0.25) is 0 Å². The number of rotatable bonds is 9.